The van der Waals surface area contributed by atoms with E-state index in [1.807, 2.05) is 12.4 Å². The molecule has 110 valence electrons. The summed E-state index contributed by atoms with van der Waals surface area (Å²) in [6.45, 7) is 3.61. The first-order valence-corrected chi connectivity index (χ1v) is 7.64. The van der Waals surface area contributed by atoms with Gasteiger partial charge in [-0.1, -0.05) is 0 Å². The van der Waals surface area contributed by atoms with E-state index in [-0.39, 0.29) is 0 Å². The number of ether oxygens (including phenoxy) is 1. The Bertz CT molecular complexity index is 430. The fraction of sp³-hybridized carbons (Fsp3) is 0.733. The molecule has 1 saturated carbocycles. The van der Waals surface area contributed by atoms with E-state index in [9.17, 15) is 0 Å². The molecule has 1 N–H and O–H groups in total. The number of hydrogen-bond donors (Lipinski definition) is 1. The van der Waals surface area contributed by atoms with Crippen LogP contribution >= 0.6 is 0 Å². The van der Waals surface area contributed by atoms with E-state index in [0.29, 0.717) is 12.0 Å². The van der Waals surface area contributed by atoms with Crippen LogP contribution in [0.1, 0.15) is 31.4 Å². The maximum absolute atomic E-state index is 5.54. The third-order valence-electron chi connectivity index (χ3n) is 4.00. The van der Waals surface area contributed by atoms with Gasteiger partial charge in [0.2, 0.25) is 0 Å². The number of anilines is 1. The number of hydrogen-bond acceptors (Lipinski definition) is 5. The van der Waals surface area contributed by atoms with Crippen LogP contribution in [-0.2, 0) is 11.3 Å². The molecule has 5 nitrogen and oxygen atoms in total. The van der Waals surface area contributed by atoms with Crippen LogP contribution in [0, 0.1) is 5.92 Å². The van der Waals surface area contributed by atoms with Crippen LogP contribution in [0.2, 0.25) is 0 Å². The molecule has 3 rings (SSSR count). The zero-order chi connectivity index (χ0) is 13.8. The molecule has 1 aliphatic carbocycles. The van der Waals surface area contributed by atoms with Gasteiger partial charge in [0.05, 0.1) is 18.5 Å². The van der Waals surface area contributed by atoms with Gasteiger partial charge in [0.25, 0.3) is 0 Å². The molecule has 1 atom stereocenters. The van der Waals surface area contributed by atoms with Gasteiger partial charge in [-0.3, -0.25) is 4.98 Å². The smallest absolute Gasteiger partial charge is 0.147 e. The van der Waals surface area contributed by atoms with Crippen molar-refractivity contribution in [3.63, 3.8) is 0 Å². The largest absolute Gasteiger partial charge is 0.381 e. The highest BCUT2D eigenvalue weighted by Crippen LogP contribution is 2.20. The second-order valence-corrected chi connectivity index (χ2v) is 5.99. The third kappa shape index (κ3) is 3.90. The molecule has 20 heavy (non-hydrogen) atoms. The van der Waals surface area contributed by atoms with E-state index < -0.39 is 0 Å². The summed E-state index contributed by atoms with van der Waals surface area (Å²) in [6, 6.07) is 0.706. The Kier molecular flexibility index (Phi) is 4.47. The van der Waals surface area contributed by atoms with Gasteiger partial charge in [-0.2, -0.15) is 0 Å². The maximum Gasteiger partial charge on any atom is 0.147 e. The van der Waals surface area contributed by atoms with E-state index >= 15 is 0 Å². The molecule has 2 heterocycles. The van der Waals surface area contributed by atoms with Crippen LogP contribution in [0.15, 0.2) is 12.4 Å². The summed E-state index contributed by atoms with van der Waals surface area (Å²) in [5, 5.41) is 3.48. The Morgan fingerprint density at radius 2 is 2.25 bits per heavy atom. The Hall–Kier alpha value is -1.20. The van der Waals surface area contributed by atoms with Crippen molar-refractivity contribution in [2.45, 2.75) is 38.3 Å². The summed E-state index contributed by atoms with van der Waals surface area (Å²) < 4.78 is 5.54. The lowest BCUT2D eigenvalue weighted by Gasteiger charge is -2.27. The first-order chi connectivity index (χ1) is 9.81. The summed E-state index contributed by atoms with van der Waals surface area (Å²) in [5.41, 5.74) is 1.03. The van der Waals surface area contributed by atoms with E-state index in [0.717, 1.165) is 37.8 Å². The predicted molar refractivity (Wildman–Crippen MR) is 78.7 cm³/mol. The molecule has 0 radical (unpaired) electrons. The number of aromatic nitrogens is 2. The lowest BCUT2D eigenvalue weighted by molar-refractivity contribution is 0.0576. The molecule has 1 aromatic heterocycles. The molecular formula is C15H24N4O. The molecule has 1 unspecified atom stereocenters. The first-order valence-electron chi connectivity index (χ1n) is 7.64. The zero-order valence-electron chi connectivity index (χ0n) is 12.2. The van der Waals surface area contributed by atoms with Gasteiger partial charge in [-0.15, -0.1) is 0 Å². The van der Waals surface area contributed by atoms with Crippen molar-refractivity contribution in [2.24, 2.45) is 5.92 Å². The SMILES string of the molecule is CN(CC1CCCOC1)c1cncc(CNC2CC2)n1. The van der Waals surface area contributed by atoms with E-state index in [4.69, 9.17) is 9.72 Å². The molecule has 2 aliphatic rings. The second-order valence-electron chi connectivity index (χ2n) is 5.99. The van der Waals surface area contributed by atoms with E-state index in [1.54, 1.807) is 0 Å². The molecule has 0 aromatic carbocycles. The van der Waals surface area contributed by atoms with Gasteiger partial charge in [0.1, 0.15) is 5.82 Å². The molecule has 1 aliphatic heterocycles. The van der Waals surface area contributed by atoms with Crippen LogP contribution in [0.3, 0.4) is 0 Å². The highest BCUT2D eigenvalue weighted by atomic mass is 16.5. The summed E-state index contributed by atoms with van der Waals surface area (Å²) in [5.74, 6) is 1.58. The molecule has 0 bridgehead atoms. The summed E-state index contributed by atoms with van der Waals surface area (Å²) in [7, 11) is 2.09. The Labute approximate surface area is 120 Å². The monoisotopic (exact) mass is 276 g/mol. The van der Waals surface area contributed by atoms with Gasteiger partial charge in [0.15, 0.2) is 0 Å². The molecule has 5 heteroatoms. The fourth-order valence-corrected chi connectivity index (χ4v) is 2.63. The van der Waals surface area contributed by atoms with Crippen molar-refractivity contribution in [1.29, 1.82) is 0 Å². The fourth-order valence-electron chi connectivity index (χ4n) is 2.63. The van der Waals surface area contributed by atoms with Crippen LogP contribution < -0.4 is 10.2 Å². The van der Waals surface area contributed by atoms with Crippen molar-refractivity contribution < 1.29 is 4.74 Å². The highest BCUT2D eigenvalue weighted by molar-refractivity contribution is 5.35. The van der Waals surface area contributed by atoms with Crippen LogP contribution in [0.5, 0.6) is 0 Å². The lowest BCUT2D eigenvalue weighted by Crippen LogP contribution is -2.31. The molecule has 0 spiro atoms. The van der Waals surface area contributed by atoms with Crippen molar-refractivity contribution in [2.75, 3.05) is 31.7 Å². The van der Waals surface area contributed by atoms with Gasteiger partial charge in [-0.05, 0) is 31.6 Å². The van der Waals surface area contributed by atoms with Gasteiger partial charge >= 0.3 is 0 Å². The van der Waals surface area contributed by atoms with Crippen molar-refractivity contribution in [3.8, 4) is 0 Å². The summed E-state index contributed by atoms with van der Waals surface area (Å²) in [4.78, 5) is 11.2. The van der Waals surface area contributed by atoms with Crippen LogP contribution in [0.4, 0.5) is 5.82 Å². The Balaban J connectivity index is 1.55. The average molecular weight is 276 g/mol. The minimum absolute atomic E-state index is 0.615. The van der Waals surface area contributed by atoms with Crippen LogP contribution in [-0.4, -0.2) is 42.8 Å². The number of nitrogens with one attached hydrogen (secondary N) is 1. The van der Waals surface area contributed by atoms with Crippen LogP contribution in [0.25, 0.3) is 0 Å². The van der Waals surface area contributed by atoms with Gasteiger partial charge in [-0.25, -0.2) is 4.98 Å². The number of nitrogens with zero attached hydrogens (tertiary/aromatic N) is 3. The molecule has 2 fully saturated rings. The topological polar surface area (TPSA) is 50.3 Å². The third-order valence-corrected chi connectivity index (χ3v) is 4.00. The normalized spacial score (nSPS) is 22.8. The molecule has 1 aromatic rings. The Morgan fingerprint density at radius 3 is 3.00 bits per heavy atom. The number of rotatable bonds is 6. The average Bonchev–Trinajstić information content (AvgIpc) is 3.31. The molecule has 1 saturated heterocycles. The van der Waals surface area contributed by atoms with Crippen molar-refractivity contribution in [1.82, 2.24) is 15.3 Å². The highest BCUT2D eigenvalue weighted by Gasteiger charge is 2.20. The van der Waals surface area contributed by atoms with Crippen molar-refractivity contribution in [3.05, 3.63) is 18.1 Å². The predicted octanol–water partition coefficient (Wildman–Crippen LogP) is 1.59. The minimum Gasteiger partial charge on any atom is -0.381 e. The summed E-state index contributed by atoms with van der Waals surface area (Å²) in [6.07, 6.45) is 8.74. The minimum atomic E-state index is 0.615. The van der Waals surface area contributed by atoms with Gasteiger partial charge in [0, 0.05) is 39.0 Å². The second kappa shape index (κ2) is 6.50. The van der Waals surface area contributed by atoms with E-state index in [2.05, 4.69) is 22.2 Å². The molecular weight excluding hydrogens is 252 g/mol. The first kappa shape index (κ1) is 13.8. The quantitative estimate of drug-likeness (QED) is 0.855. The summed E-state index contributed by atoms with van der Waals surface area (Å²) >= 11 is 0. The standard InChI is InChI=1S/C15H24N4O/c1-19(10-12-3-2-6-20-11-12)15-9-16-7-14(18-15)8-17-13-4-5-13/h7,9,12-13,17H,2-6,8,10-11H2,1H3. The molecule has 0 amide bonds. The zero-order valence-corrected chi connectivity index (χ0v) is 12.2. The maximum atomic E-state index is 5.54. The Morgan fingerprint density at radius 1 is 1.35 bits per heavy atom. The lowest BCUT2D eigenvalue weighted by atomic mass is 10.0. The van der Waals surface area contributed by atoms with E-state index in [1.165, 1.54) is 25.7 Å². The van der Waals surface area contributed by atoms with Gasteiger partial charge < -0.3 is 15.0 Å². The van der Waals surface area contributed by atoms with Crippen molar-refractivity contribution >= 4 is 5.82 Å².